The number of hydrogen-bond acceptors (Lipinski definition) is 2. The van der Waals surface area contributed by atoms with E-state index >= 15 is 0 Å². The van der Waals surface area contributed by atoms with E-state index in [1.54, 1.807) is 24.3 Å². The molecule has 0 spiro atoms. The molecule has 0 heterocycles. The van der Waals surface area contributed by atoms with Crippen LogP contribution in [0.25, 0.3) is 0 Å². The van der Waals surface area contributed by atoms with Gasteiger partial charge in [0.2, 0.25) is 0 Å². The van der Waals surface area contributed by atoms with E-state index in [1.165, 1.54) is 12.1 Å². The fourth-order valence-electron chi connectivity index (χ4n) is 1.88. The van der Waals surface area contributed by atoms with Gasteiger partial charge in [0.05, 0.1) is 6.10 Å². The van der Waals surface area contributed by atoms with Gasteiger partial charge >= 0.3 is 0 Å². The first kappa shape index (κ1) is 14.5. The molecule has 1 atom stereocenters. The number of halogens is 2. The molecule has 1 N–H and O–H groups in total. The standard InChI is InChI=1S/C16H16F2O2/c1-2-16(19)12-3-5-15(6-4-12)20-10-11-7-13(17)9-14(18)8-11/h3-9,16,19H,2,10H2,1H3. The summed E-state index contributed by atoms with van der Waals surface area (Å²) in [6.07, 6.45) is 0.157. The molecule has 1 unspecified atom stereocenters. The quantitative estimate of drug-likeness (QED) is 0.896. The maximum atomic E-state index is 13.0. The topological polar surface area (TPSA) is 29.5 Å². The Balaban J connectivity index is 2.00. The van der Waals surface area contributed by atoms with Crippen LogP contribution in [0.3, 0.4) is 0 Å². The second-order valence-corrected chi connectivity index (χ2v) is 4.56. The van der Waals surface area contributed by atoms with Gasteiger partial charge < -0.3 is 9.84 Å². The molecule has 0 bridgehead atoms. The lowest BCUT2D eigenvalue weighted by Gasteiger charge is -2.10. The highest BCUT2D eigenvalue weighted by Crippen LogP contribution is 2.20. The summed E-state index contributed by atoms with van der Waals surface area (Å²) in [7, 11) is 0. The number of hydrogen-bond donors (Lipinski definition) is 1. The molecule has 0 saturated heterocycles. The van der Waals surface area contributed by atoms with Crippen LogP contribution in [0, 0.1) is 11.6 Å². The molecule has 0 aromatic heterocycles. The van der Waals surface area contributed by atoms with E-state index in [-0.39, 0.29) is 6.61 Å². The van der Waals surface area contributed by atoms with Crippen LogP contribution in [0.4, 0.5) is 8.78 Å². The first-order valence-electron chi connectivity index (χ1n) is 6.44. The fourth-order valence-corrected chi connectivity index (χ4v) is 1.88. The molecule has 2 rings (SSSR count). The van der Waals surface area contributed by atoms with Gasteiger partial charge in [-0.05, 0) is 41.8 Å². The third-order valence-corrected chi connectivity index (χ3v) is 2.98. The Kier molecular flexibility index (Phi) is 4.69. The molecular weight excluding hydrogens is 262 g/mol. The summed E-state index contributed by atoms with van der Waals surface area (Å²) in [4.78, 5) is 0. The van der Waals surface area contributed by atoms with Gasteiger partial charge in [0, 0.05) is 6.07 Å². The van der Waals surface area contributed by atoms with Crippen LogP contribution in [0.15, 0.2) is 42.5 Å². The minimum Gasteiger partial charge on any atom is -0.489 e. The number of aliphatic hydroxyl groups excluding tert-OH is 1. The zero-order valence-corrected chi connectivity index (χ0v) is 11.1. The summed E-state index contributed by atoms with van der Waals surface area (Å²) >= 11 is 0. The van der Waals surface area contributed by atoms with Crippen LogP contribution in [-0.4, -0.2) is 5.11 Å². The van der Waals surface area contributed by atoms with Crippen molar-refractivity contribution in [1.82, 2.24) is 0 Å². The maximum absolute atomic E-state index is 13.0. The molecule has 2 aromatic rings. The van der Waals surface area contributed by atoms with Crippen LogP contribution in [0.5, 0.6) is 5.75 Å². The maximum Gasteiger partial charge on any atom is 0.126 e. The molecule has 0 aliphatic carbocycles. The monoisotopic (exact) mass is 278 g/mol. The lowest BCUT2D eigenvalue weighted by Crippen LogP contribution is -1.98. The van der Waals surface area contributed by atoms with Crippen molar-refractivity contribution < 1.29 is 18.6 Å². The lowest BCUT2D eigenvalue weighted by atomic mass is 10.1. The van der Waals surface area contributed by atoms with Crippen molar-refractivity contribution in [2.75, 3.05) is 0 Å². The molecule has 2 aromatic carbocycles. The van der Waals surface area contributed by atoms with Crippen molar-refractivity contribution in [2.24, 2.45) is 0 Å². The van der Waals surface area contributed by atoms with E-state index in [4.69, 9.17) is 4.74 Å². The molecule has 0 aliphatic rings. The summed E-state index contributed by atoms with van der Waals surface area (Å²) in [5.41, 5.74) is 1.25. The molecule has 0 amide bonds. The molecule has 0 saturated carbocycles. The van der Waals surface area contributed by atoms with E-state index < -0.39 is 17.7 Å². The Morgan fingerprint density at radius 3 is 2.20 bits per heavy atom. The summed E-state index contributed by atoms with van der Waals surface area (Å²) in [6, 6.07) is 10.3. The highest BCUT2D eigenvalue weighted by Gasteiger charge is 2.05. The Morgan fingerprint density at radius 1 is 1.05 bits per heavy atom. The van der Waals surface area contributed by atoms with Crippen LogP contribution >= 0.6 is 0 Å². The van der Waals surface area contributed by atoms with Gasteiger partial charge in [-0.1, -0.05) is 19.1 Å². The zero-order chi connectivity index (χ0) is 14.5. The second kappa shape index (κ2) is 6.48. The molecule has 4 heteroatoms. The Morgan fingerprint density at radius 2 is 1.65 bits per heavy atom. The minimum atomic E-state index is -0.620. The molecular formula is C16H16F2O2. The molecule has 106 valence electrons. The van der Waals surface area contributed by atoms with Crippen molar-refractivity contribution in [1.29, 1.82) is 0 Å². The second-order valence-electron chi connectivity index (χ2n) is 4.56. The molecule has 2 nitrogen and oxygen atoms in total. The lowest BCUT2D eigenvalue weighted by molar-refractivity contribution is 0.173. The van der Waals surface area contributed by atoms with E-state index in [0.29, 0.717) is 17.7 Å². The smallest absolute Gasteiger partial charge is 0.126 e. The van der Waals surface area contributed by atoms with Crippen molar-refractivity contribution >= 4 is 0 Å². The third kappa shape index (κ3) is 3.78. The van der Waals surface area contributed by atoms with E-state index in [9.17, 15) is 13.9 Å². The highest BCUT2D eigenvalue weighted by molar-refractivity contribution is 5.29. The average molecular weight is 278 g/mol. The Hall–Kier alpha value is -1.94. The van der Waals surface area contributed by atoms with Crippen LogP contribution in [0.1, 0.15) is 30.6 Å². The van der Waals surface area contributed by atoms with Gasteiger partial charge in [-0.3, -0.25) is 0 Å². The SMILES string of the molecule is CCC(O)c1ccc(OCc2cc(F)cc(F)c2)cc1. The zero-order valence-electron chi connectivity index (χ0n) is 11.1. The number of ether oxygens (including phenoxy) is 1. The van der Waals surface area contributed by atoms with Gasteiger partial charge in [0.25, 0.3) is 0 Å². The molecule has 0 aliphatic heterocycles. The van der Waals surface area contributed by atoms with Gasteiger partial charge in [-0.2, -0.15) is 0 Å². The highest BCUT2D eigenvalue weighted by atomic mass is 19.1. The number of aliphatic hydroxyl groups is 1. The summed E-state index contributed by atoms with van der Waals surface area (Å²) in [6.45, 7) is 1.98. The van der Waals surface area contributed by atoms with Gasteiger partial charge in [-0.15, -0.1) is 0 Å². The summed E-state index contributed by atoms with van der Waals surface area (Å²) in [5.74, 6) is -0.656. The summed E-state index contributed by atoms with van der Waals surface area (Å²) < 4.78 is 31.5. The number of rotatable bonds is 5. The molecule has 20 heavy (non-hydrogen) atoms. The summed E-state index contributed by atoms with van der Waals surface area (Å²) in [5, 5.41) is 9.66. The van der Waals surface area contributed by atoms with Crippen molar-refractivity contribution in [3.63, 3.8) is 0 Å². The van der Waals surface area contributed by atoms with Crippen LogP contribution in [-0.2, 0) is 6.61 Å². The minimum absolute atomic E-state index is 0.0877. The first-order chi connectivity index (χ1) is 9.58. The Bertz CT molecular complexity index is 547. The van der Waals surface area contributed by atoms with Crippen molar-refractivity contribution in [3.8, 4) is 5.75 Å². The predicted molar refractivity (Wildman–Crippen MR) is 72.4 cm³/mol. The van der Waals surface area contributed by atoms with Gasteiger partial charge in [0.1, 0.15) is 24.0 Å². The third-order valence-electron chi connectivity index (χ3n) is 2.98. The fraction of sp³-hybridized carbons (Fsp3) is 0.250. The number of benzene rings is 2. The Labute approximate surface area is 116 Å². The van der Waals surface area contributed by atoms with Gasteiger partial charge in [0.15, 0.2) is 0 Å². The normalized spacial score (nSPS) is 12.2. The predicted octanol–water partition coefficient (Wildman–Crippen LogP) is 3.99. The van der Waals surface area contributed by atoms with Gasteiger partial charge in [-0.25, -0.2) is 8.78 Å². The van der Waals surface area contributed by atoms with Crippen LogP contribution < -0.4 is 4.74 Å². The first-order valence-corrected chi connectivity index (χ1v) is 6.44. The van der Waals surface area contributed by atoms with E-state index in [1.807, 2.05) is 6.92 Å². The van der Waals surface area contributed by atoms with Crippen LogP contribution in [0.2, 0.25) is 0 Å². The average Bonchev–Trinajstić information content (AvgIpc) is 2.44. The largest absolute Gasteiger partial charge is 0.489 e. The van der Waals surface area contributed by atoms with Crippen molar-refractivity contribution in [2.45, 2.75) is 26.1 Å². The molecule has 0 fully saturated rings. The van der Waals surface area contributed by atoms with E-state index in [2.05, 4.69) is 0 Å². The van der Waals surface area contributed by atoms with E-state index in [0.717, 1.165) is 11.6 Å². The molecule has 0 radical (unpaired) electrons. The van der Waals surface area contributed by atoms with Crippen molar-refractivity contribution in [3.05, 3.63) is 65.2 Å².